The number of aliphatic hydroxyl groups excluding tert-OH is 2. The molecule has 6 aliphatic carbocycles. The first-order valence-electron chi connectivity index (χ1n) is 22.8. The number of benzene rings is 2. The van der Waals surface area contributed by atoms with E-state index in [1.165, 1.54) is 38.5 Å². The van der Waals surface area contributed by atoms with Gasteiger partial charge in [0.05, 0.1) is 10.8 Å². The molecule has 2 aromatic rings. The Morgan fingerprint density at radius 3 is 1.50 bits per heavy atom. The number of unbranched alkanes of at least 4 members (excludes halogenated alkanes) is 1. The van der Waals surface area contributed by atoms with Crippen LogP contribution in [-0.2, 0) is 33.3 Å². The molecule has 10 unspecified atom stereocenters. The Bertz CT molecular complexity index is 2060. The van der Waals surface area contributed by atoms with E-state index in [9.17, 15) is 30.0 Å². The lowest BCUT2D eigenvalue weighted by Crippen LogP contribution is -2.75. The van der Waals surface area contributed by atoms with E-state index in [1.54, 1.807) is 24.3 Å². The summed E-state index contributed by atoms with van der Waals surface area (Å²) in [4.78, 5) is 31.5. The van der Waals surface area contributed by atoms with Crippen LogP contribution < -0.4 is 18.9 Å². The second-order valence-electron chi connectivity index (χ2n) is 19.9. The standard InChI is InChI=1S/C48H56N2O10/c51-31-15-17-47(55)35-23-29-11-13-33(41-39(29)45(47,43(31)59-41)19-21-49(35)25-27-5-3-6-27)57-37(53)9-1-2-10-38(54)58-34-14-12-30-24-36-48(56)18-16-32(52)44-46(48,40(30)42(34)60-44)20-22-50(36)26-28-7-4-8-28/h11-18,27-28,31-32,35-36,43-44,51-52,55-56H,1-10,19-26H2. The maximum absolute atomic E-state index is 13.3. The first-order valence-corrected chi connectivity index (χ1v) is 22.8. The average Bonchev–Trinajstić information content (AvgIpc) is 3.74. The lowest BCUT2D eigenvalue weighted by Gasteiger charge is -2.62. The minimum Gasteiger partial charge on any atom is -0.482 e. The second-order valence-corrected chi connectivity index (χ2v) is 19.9. The van der Waals surface area contributed by atoms with E-state index in [1.807, 2.05) is 24.3 Å². The Kier molecular flexibility index (Phi) is 8.45. The fraction of sp³-hybridized carbons (Fsp3) is 0.625. The van der Waals surface area contributed by atoms with Crippen LogP contribution in [0.25, 0.3) is 0 Å². The topological polar surface area (TPSA) is 158 Å². The zero-order valence-corrected chi connectivity index (χ0v) is 34.1. The van der Waals surface area contributed by atoms with Crippen LogP contribution >= 0.6 is 0 Å². The smallest absolute Gasteiger partial charge is 0.311 e. The zero-order valence-electron chi connectivity index (χ0n) is 34.1. The summed E-state index contributed by atoms with van der Waals surface area (Å²) >= 11 is 0. The van der Waals surface area contributed by atoms with Gasteiger partial charge < -0.3 is 39.4 Å². The van der Waals surface area contributed by atoms with Crippen molar-refractivity contribution in [2.24, 2.45) is 11.8 Å². The monoisotopic (exact) mass is 820 g/mol. The highest BCUT2D eigenvalue weighted by atomic mass is 16.6. The van der Waals surface area contributed by atoms with Gasteiger partial charge in [0.25, 0.3) is 0 Å². The van der Waals surface area contributed by atoms with Gasteiger partial charge in [-0.3, -0.25) is 19.4 Å². The van der Waals surface area contributed by atoms with Crippen LogP contribution in [0.4, 0.5) is 0 Å². The molecule has 4 fully saturated rings. The molecule has 2 saturated carbocycles. The van der Waals surface area contributed by atoms with Crippen LogP contribution in [-0.4, -0.2) is 116 Å². The largest absolute Gasteiger partial charge is 0.482 e. The van der Waals surface area contributed by atoms with Crippen molar-refractivity contribution in [1.29, 1.82) is 0 Å². The van der Waals surface area contributed by atoms with Gasteiger partial charge in [-0.05, 0) is 112 Å². The molecule has 0 radical (unpaired) electrons. The summed E-state index contributed by atoms with van der Waals surface area (Å²) in [6, 6.07) is 7.30. The fourth-order valence-electron chi connectivity index (χ4n) is 13.8. The van der Waals surface area contributed by atoms with E-state index in [4.69, 9.17) is 18.9 Å². The summed E-state index contributed by atoms with van der Waals surface area (Å²) in [5, 5.41) is 47.6. The number of likely N-dealkylation sites (tertiary alicyclic amines) is 2. The lowest BCUT2D eigenvalue weighted by atomic mass is 9.50. The number of ether oxygens (including phenoxy) is 4. The van der Waals surface area contributed by atoms with E-state index < -0.39 is 58.4 Å². The Labute approximate surface area is 350 Å². The Morgan fingerprint density at radius 2 is 1.10 bits per heavy atom. The molecule has 12 nitrogen and oxygen atoms in total. The van der Waals surface area contributed by atoms with Crippen LogP contribution in [0.5, 0.6) is 23.0 Å². The number of piperidine rings is 2. The third-order valence-electron chi connectivity index (χ3n) is 17.1. The summed E-state index contributed by atoms with van der Waals surface area (Å²) in [6.07, 6.45) is 14.7. The van der Waals surface area contributed by atoms with E-state index in [0.29, 0.717) is 73.4 Å². The predicted molar refractivity (Wildman–Crippen MR) is 217 cm³/mol. The van der Waals surface area contributed by atoms with E-state index in [-0.39, 0.29) is 24.9 Å². The number of hydrogen-bond donors (Lipinski definition) is 4. The van der Waals surface area contributed by atoms with Crippen LogP contribution in [0.15, 0.2) is 48.6 Å². The van der Waals surface area contributed by atoms with Crippen molar-refractivity contribution >= 4 is 11.9 Å². The third-order valence-corrected chi connectivity index (χ3v) is 17.1. The van der Waals surface area contributed by atoms with Gasteiger partial charge in [0, 0.05) is 49.1 Å². The molecule has 4 aliphatic heterocycles. The molecule has 4 heterocycles. The highest BCUT2D eigenvalue weighted by Crippen LogP contribution is 2.66. The molecular formula is C48H56N2O10. The van der Waals surface area contributed by atoms with E-state index in [2.05, 4.69) is 9.80 Å². The van der Waals surface area contributed by atoms with Gasteiger partial charge in [0.1, 0.15) is 35.6 Å². The summed E-state index contributed by atoms with van der Waals surface area (Å²) in [5.74, 6) is 1.88. The fourth-order valence-corrected chi connectivity index (χ4v) is 13.8. The number of rotatable bonds is 11. The Morgan fingerprint density at radius 1 is 0.667 bits per heavy atom. The lowest BCUT2D eigenvalue weighted by molar-refractivity contribution is -0.159. The zero-order chi connectivity index (χ0) is 40.8. The SMILES string of the molecule is O=C(CCCCC(=O)Oc1ccc2c3c1OC1C(O)C=CC4(O)C(C2)N(CC2CCC2)CCC314)Oc1ccc2c3c1OC1C(O)C=CC4(O)C(C2)N(CC2CCC2)CCC314. The average molecular weight is 821 g/mol. The van der Waals surface area contributed by atoms with Gasteiger partial charge in [-0.25, -0.2) is 0 Å². The summed E-state index contributed by atoms with van der Waals surface area (Å²) < 4.78 is 24.9. The number of esters is 2. The molecule has 2 aromatic carbocycles. The molecule has 60 heavy (non-hydrogen) atoms. The van der Waals surface area contributed by atoms with E-state index in [0.717, 1.165) is 48.4 Å². The number of carbonyl (C=O) groups excluding carboxylic acids is 2. The van der Waals surface area contributed by atoms with Gasteiger partial charge in [-0.1, -0.05) is 49.3 Å². The molecule has 0 amide bonds. The highest BCUT2D eigenvalue weighted by molar-refractivity contribution is 5.77. The molecule has 10 atom stereocenters. The van der Waals surface area contributed by atoms with Crippen molar-refractivity contribution in [3.8, 4) is 23.0 Å². The maximum atomic E-state index is 13.3. The summed E-state index contributed by atoms with van der Waals surface area (Å²) in [7, 11) is 0. The Balaban J connectivity index is 0.711. The first-order chi connectivity index (χ1) is 29.0. The van der Waals surface area contributed by atoms with Crippen LogP contribution in [0.2, 0.25) is 0 Å². The molecule has 2 spiro atoms. The van der Waals surface area contributed by atoms with Crippen molar-refractivity contribution in [2.75, 3.05) is 26.2 Å². The molecular weight excluding hydrogens is 765 g/mol. The van der Waals surface area contributed by atoms with Gasteiger partial charge in [-0.15, -0.1) is 0 Å². The molecule has 318 valence electrons. The number of hydrogen-bond acceptors (Lipinski definition) is 12. The van der Waals surface area contributed by atoms with Crippen LogP contribution in [0.1, 0.15) is 99.3 Å². The molecule has 12 heteroatoms. The number of carbonyl (C=O) groups is 2. The maximum Gasteiger partial charge on any atom is 0.311 e. The molecule has 2 saturated heterocycles. The van der Waals surface area contributed by atoms with Crippen molar-refractivity contribution < 1.29 is 49.0 Å². The van der Waals surface area contributed by atoms with Gasteiger partial charge >= 0.3 is 11.9 Å². The normalized spacial score (nSPS) is 38.9. The summed E-state index contributed by atoms with van der Waals surface area (Å²) in [6.45, 7) is 3.56. The van der Waals surface area contributed by atoms with Crippen molar-refractivity contribution in [1.82, 2.24) is 9.80 Å². The minimum absolute atomic E-state index is 0.0739. The first kappa shape index (κ1) is 37.9. The minimum atomic E-state index is -1.21. The van der Waals surface area contributed by atoms with Gasteiger partial charge in [0.2, 0.25) is 0 Å². The molecule has 12 rings (SSSR count). The van der Waals surface area contributed by atoms with Crippen LogP contribution in [0.3, 0.4) is 0 Å². The molecule has 0 aromatic heterocycles. The van der Waals surface area contributed by atoms with Crippen molar-refractivity contribution in [2.45, 2.75) is 148 Å². The van der Waals surface area contributed by atoms with Crippen LogP contribution in [0, 0.1) is 11.8 Å². The molecule has 4 bridgehead atoms. The summed E-state index contributed by atoms with van der Waals surface area (Å²) in [5.41, 5.74) is -0.226. The number of nitrogens with zero attached hydrogens (tertiary/aromatic N) is 2. The van der Waals surface area contributed by atoms with E-state index >= 15 is 0 Å². The van der Waals surface area contributed by atoms with Gasteiger partial charge in [-0.2, -0.15) is 0 Å². The Hall–Kier alpha value is -3.78. The molecule has 4 N–H and O–H groups in total. The quantitative estimate of drug-likeness (QED) is 0.112. The molecule has 10 aliphatic rings. The highest BCUT2D eigenvalue weighted by Gasteiger charge is 2.73. The second kappa shape index (κ2) is 13.4. The number of aliphatic hydroxyl groups is 4. The predicted octanol–water partition coefficient (Wildman–Crippen LogP) is 3.94. The van der Waals surface area contributed by atoms with Crippen molar-refractivity contribution in [3.63, 3.8) is 0 Å². The van der Waals surface area contributed by atoms with Crippen molar-refractivity contribution in [3.05, 3.63) is 70.8 Å². The third kappa shape index (κ3) is 5.00. The van der Waals surface area contributed by atoms with Gasteiger partial charge in [0.15, 0.2) is 23.0 Å².